The van der Waals surface area contributed by atoms with Crippen LogP contribution in [0.15, 0.2) is 35.7 Å². The molecule has 0 unspecified atom stereocenters. The summed E-state index contributed by atoms with van der Waals surface area (Å²) in [6.45, 7) is 2.07. The number of aryl methyl sites for hydroxylation is 1. The van der Waals surface area contributed by atoms with Gasteiger partial charge in [0.25, 0.3) is 0 Å². The number of urea groups is 1. The van der Waals surface area contributed by atoms with Gasteiger partial charge in [0.1, 0.15) is 5.00 Å². The van der Waals surface area contributed by atoms with E-state index in [0.717, 1.165) is 12.1 Å². The van der Waals surface area contributed by atoms with Crippen molar-refractivity contribution in [3.05, 3.63) is 46.8 Å². The molecule has 0 fully saturated rings. The first-order valence-corrected chi connectivity index (χ1v) is 7.35. The predicted molar refractivity (Wildman–Crippen MR) is 84.5 cm³/mol. The lowest BCUT2D eigenvalue weighted by molar-refractivity contribution is 0.0698. The van der Waals surface area contributed by atoms with Crippen molar-refractivity contribution in [2.45, 2.75) is 13.3 Å². The van der Waals surface area contributed by atoms with Crippen molar-refractivity contribution < 1.29 is 14.7 Å². The minimum atomic E-state index is -1.05. The molecule has 21 heavy (non-hydrogen) atoms. The van der Waals surface area contributed by atoms with E-state index >= 15 is 0 Å². The molecule has 1 heterocycles. The molecule has 0 aliphatic carbocycles. The van der Waals surface area contributed by atoms with Gasteiger partial charge in [-0.25, -0.2) is 9.59 Å². The van der Waals surface area contributed by atoms with Crippen molar-refractivity contribution in [2.75, 3.05) is 17.3 Å². The first-order chi connectivity index (χ1) is 10.0. The molecule has 0 saturated carbocycles. The zero-order valence-corrected chi connectivity index (χ0v) is 12.6. The Balaban J connectivity index is 2.11. The maximum absolute atomic E-state index is 12.2. The molecule has 1 aromatic carbocycles. The normalized spacial score (nSPS) is 10.2. The van der Waals surface area contributed by atoms with Gasteiger partial charge in [-0.2, -0.15) is 0 Å². The number of anilines is 2. The van der Waals surface area contributed by atoms with E-state index in [9.17, 15) is 9.59 Å². The Morgan fingerprint density at radius 1 is 1.24 bits per heavy atom. The number of thiophene rings is 1. The summed E-state index contributed by atoms with van der Waals surface area (Å²) in [4.78, 5) is 24.6. The van der Waals surface area contributed by atoms with Gasteiger partial charge in [-0.15, -0.1) is 11.3 Å². The Morgan fingerprint density at radius 2 is 1.90 bits per heavy atom. The van der Waals surface area contributed by atoms with Crippen LogP contribution < -0.4 is 10.2 Å². The van der Waals surface area contributed by atoms with Gasteiger partial charge in [0.15, 0.2) is 0 Å². The van der Waals surface area contributed by atoms with Gasteiger partial charge in [-0.1, -0.05) is 19.1 Å². The van der Waals surface area contributed by atoms with E-state index in [1.807, 2.05) is 24.3 Å². The molecule has 2 amide bonds. The molecular weight excluding hydrogens is 288 g/mol. The van der Waals surface area contributed by atoms with E-state index in [1.165, 1.54) is 27.9 Å². The molecule has 110 valence electrons. The summed E-state index contributed by atoms with van der Waals surface area (Å²) in [5, 5.41) is 13.6. The number of carbonyl (C=O) groups excluding carboxylic acids is 1. The highest BCUT2D eigenvalue weighted by Gasteiger charge is 2.16. The van der Waals surface area contributed by atoms with Gasteiger partial charge >= 0.3 is 12.0 Å². The number of rotatable bonds is 4. The number of nitrogens with zero attached hydrogens (tertiary/aromatic N) is 1. The molecular formula is C15H16N2O3S. The quantitative estimate of drug-likeness (QED) is 0.905. The Morgan fingerprint density at radius 3 is 2.48 bits per heavy atom. The minimum absolute atomic E-state index is 0.100. The number of hydrogen-bond acceptors (Lipinski definition) is 3. The van der Waals surface area contributed by atoms with E-state index in [1.54, 1.807) is 12.4 Å². The predicted octanol–water partition coefficient (Wildman–Crippen LogP) is 3.68. The van der Waals surface area contributed by atoms with Gasteiger partial charge in [0.2, 0.25) is 0 Å². The van der Waals surface area contributed by atoms with Gasteiger partial charge in [0, 0.05) is 12.7 Å². The molecule has 0 atom stereocenters. The van der Waals surface area contributed by atoms with Crippen LogP contribution in [-0.4, -0.2) is 24.2 Å². The minimum Gasteiger partial charge on any atom is -0.478 e. The van der Waals surface area contributed by atoms with Crippen molar-refractivity contribution in [2.24, 2.45) is 0 Å². The number of carbonyl (C=O) groups is 2. The summed E-state index contributed by atoms with van der Waals surface area (Å²) in [5.41, 5.74) is 2.04. The van der Waals surface area contributed by atoms with E-state index in [0.29, 0.717) is 5.00 Å². The average molecular weight is 304 g/mol. The van der Waals surface area contributed by atoms with Crippen LogP contribution in [0, 0.1) is 0 Å². The SMILES string of the molecule is CCc1ccc(N(C)C(=O)Nc2sccc2C(=O)O)cc1. The zero-order valence-electron chi connectivity index (χ0n) is 11.8. The molecule has 2 aromatic rings. The number of carboxylic acid groups (broad SMARTS) is 1. The van der Waals surface area contributed by atoms with Crippen LogP contribution in [0.25, 0.3) is 0 Å². The van der Waals surface area contributed by atoms with E-state index in [2.05, 4.69) is 12.2 Å². The number of aromatic carboxylic acids is 1. The number of benzene rings is 1. The lowest BCUT2D eigenvalue weighted by atomic mass is 10.1. The van der Waals surface area contributed by atoms with Gasteiger partial charge in [-0.05, 0) is 35.6 Å². The van der Waals surface area contributed by atoms with Crippen LogP contribution >= 0.6 is 11.3 Å². The van der Waals surface area contributed by atoms with Gasteiger partial charge in [0.05, 0.1) is 5.56 Å². The summed E-state index contributed by atoms with van der Waals surface area (Å²) >= 11 is 1.19. The van der Waals surface area contributed by atoms with Crippen LogP contribution in [-0.2, 0) is 6.42 Å². The Kier molecular flexibility index (Phi) is 4.59. The fraction of sp³-hybridized carbons (Fsp3) is 0.200. The Hall–Kier alpha value is -2.34. The number of carboxylic acids is 1. The third-order valence-electron chi connectivity index (χ3n) is 3.15. The second kappa shape index (κ2) is 6.41. The molecule has 0 aliphatic heterocycles. The van der Waals surface area contributed by atoms with Crippen molar-refractivity contribution >= 4 is 34.0 Å². The van der Waals surface area contributed by atoms with E-state index in [4.69, 9.17) is 5.11 Å². The average Bonchev–Trinajstić information content (AvgIpc) is 2.95. The lowest BCUT2D eigenvalue weighted by Gasteiger charge is -2.18. The fourth-order valence-corrected chi connectivity index (χ4v) is 2.60. The first kappa shape index (κ1) is 15.1. The monoisotopic (exact) mass is 304 g/mol. The molecule has 5 nitrogen and oxygen atoms in total. The molecule has 0 radical (unpaired) electrons. The van der Waals surface area contributed by atoms with Crippen LogP contribution in [0.4, 0.5) is 15.5 Å². The van der Waals surface area contributed by atoms with Crippen molar-refractivity contribution in [1.29, 1.82) is 0 Å². The standard InChI is InChI=1S/C15H16N2O3S/c1-3-10-4-6-11(7-5-10)17(2)15(20)16-13-12(14(18)19)8-9-21-13/h4-9H,3H2,1-2H3,(H,16,20)(H,18,19). The van der Waals surface area contributed by atoms with Crippen LogP contribution in [0.5, 0.6) is 0 Å². The molecule has 0 saturated heterocycles. The summed E-state index contributed by atoms with van der Waals surface area (Å²) in [6.07, 6.45) is 0.938. The summed E-state index contributed by atoms with van der Waals surface area (Å²) in [6, 6.07) is 8.76. The van der Waals surface area contributed by atoms with Gasteiger partial charge in [-0.3, -0.25) is 10.2 Å². The van der Waals surface area contributed by atoms with Crippen molar-refractivity contribution in [1.82, 2.24) is 0 Å². The molecule has 2 N–H and O–H groups in total. The molecule has 6 heteroatoms. The third kappa shape index (κ3) is 3.41. The van der Waals surface area contributed by atoms with Crippen molar-refractivity contribution in [3.63, 3.8) is 0 Å². The molecule has 0 aliphatic rings. The number of hydrogen-bond donors (Lipinski definition) is 2. The second-order valence-corrected chi connectivity index (χ2v) is 5.39. The molecule has 2 rings (SSSR count). The third-order valence-corrected chi connectivity index (χ3v) is 3.98. The van der Waals surface area contributed by atoms with Crippen LogP contribution in [0.3, 0.4) is 0 Å². The van der Waals surface area contributed by atoms with Crippen LogP contribution in [0.2, 0.25) is 0 Å². The summed E-state index contributed by atoms with van der Waals surface area (Å²) in [5.74, 6) is -1.05. The van der Waals surface area contributed by atoms with Gasteiger partial charge < -0.3 is 5.11 Å². The zero-order chi connectivity index (χ0) is 15.4. The fourth-order valence-electron chi connectivity index (χ4n) is 1.83. The largest absolute Gasteiger partial charge is 0.478 e. The lowest BCUT2D eigenvalue weighted by Crippen LogP contribution is -2.31. The van der Waals surface area contributed by atoms with Crippen molar-refractivity contribution in [3.8, 4) is 0 Å². The second-order valence-electron chi connectivity index (χ2n) is 4.48. The summed E-state index contributed by atoms with van der Waals surface area (Å²) < 4.78 is 0. The van der Waals surface area contributed by atoms with E-state index < -0.39 is 5.97 Å². The van der Waals surface area contributed by atoms with Crippen LogP contribution in [0.1, 0.15) is 22.8 Å². The highest BCUT2D eigenvalue weighted by molar-refractivity contribution is 7.14. The van der Waals surface area contributed by atoms with E-state index in [-0.39, 0.29) is 11.6 Å². The maximum Gasteiger partial charge on any atom is 0.338 e. The number of nitrogens with one attached hydrogen (secondary N) is 1. The Bertz CT molecular complexity index is 649. The molecule has 1 aromatic heterocycles. The first-order valence-electron chi connectivity index (χ1n) is 6.47. The maximum atomic E-state index is 12.2. The Labute approximate surface area is 126 Å². The highest BCUT2D eigenvalue weighted by atomic mass is 32.1. The summed E-state index contributed by atoms with van der Waals surface area (Å²) in [7, 11) is 1.64. The highest BCUT2D eigenvalue weighted by Crippen LogP contribution is 2.24. The topological polar surface area (TPSA) is 69.6 Å². The molecule has 0 spiro atoms. The molecule has 0 bridgehead atoms. The number of amides is 2. The smallest absolute Gasteiger partial charge is 0.338 e.